The van der Waals surface area contributed by atoms with Crippen LogP contribution in [0.2, 0.25) is 0 Å². The van der Waals surface area contributed by atoms with Gasteiger partial charge in [0.25, 0.3) is 10.0 Å². The van der Waals surface area contributed by atoms with Gasteiger partial charge in [0.1, 0.15) is 0 Å². The van der Waals surface area contributed by atoms with Gasteiger partial charge in [0.15, 0.2) is 0 Å². The molecule has 2 aromatic carbocycles. The fraction of sp³-hybridized carbons (Fsp3) is 0.300. The number of anilines is 2. The van der Waals surface area contributed by atoms with Gasteiger partial charge in [-0.3, -0.25) is 9.52 Å². The van der Waals surface area contributed by atoms with Crippen LogP contribution in [0.15, 0.2) is 47.4 Å². The van der Waals surface area contributed by atoms with E-state index in [1.807, 2.05) is 0 Å². The van der Waals surface area contributed by atoms with Crippen molar-refractivity contribution in [2.75, 3.05) is 21.4 Å². The van der Waals surface area contributed by atoms with Crippen LogP contribution in [0.3, 0.4) is 0 Å². The monoisotopic (exact) mass is 466 g/mol. The molecule has 1 atom stereocenters. The number of carbonyl (C=O) groups excluding carboxylic acids is 2. The lowest BCUT2D eigenvalue weighted by molar-refractivity contribution is -0.119. The van der Waals surface area contributed by atoms with Gasteiger partial charge >= 0.3 is 5.97 Å². The lowest BCUT2D eigenvalue weighted by atomic mass is 10.2. The average molecular weight is 467 g/mol. The fourth-order valence-corrected chi connectivity index (χ4v) is 6.35. The number of sulfonamides is 2. The average Bonchev–Trinajstić information content (AvgIpc) is 2.88. The third kappa shape index (κ3) is 4.57. The Kier molecular flexibility index (Phi) is 6.10. The van der Waals surface area contributed by atoms with E-state index in [0.29, 0.717) is 0 Å². The molecule has 1 aliphatic heterocycles. The first kappa shape index (κ1) is 22.8. The molecule has 1 N–H and O–H groups in total. The number of rotatable bonds is 6. The Bertz CT molecular complexity index is 1240. The Hall–Kier alpha value is -2.92. The Morgan fingerprint density at radius 1 is 1.19 bits per heavy atom. The van der Waals surface area contributed by atoms with Crippen LogP contribution in [0.1, 0.15) is 29.8 Å². The maximum absolute atomic E-state index is 12.8. The third-order valence-corrected chi connectivity index (χ3v) is 8.10. The molecule has 11 heteroatoms. The summed E-state index contributed by atoms with van der Waals surface area (Å²) in [4.78, 5) is 23.9. The molecule has 2 aromatic rings. The van der Waals surface area contributed by atoms with E-state index in [1.165, 1.54) is 56.3 Å². The van der Waals surface area contributed by atoms with E-state index in [0.717, 1.165) is 4.31 Å². The molecule has 1 heterocycles. The molecule has 1 amide bonds. The van der Waals surface area contributed by atoms with Crippen LogP contribution in [0.5, 0.6) is 0 Å². The number of nitrogens with one attached hydrogen (secondary N) is 1. The second kappa shape index (κ2) is 8.31. The number of aryl methyl sites for hydroxylation is 1. The smallest absolute Gasteiger partial charge is 0.338 e. The predicted octanol–water partition coefficient (Wildman–Crippen LogP) is 2.29. The van der Waals surface area contributed by atoms with Crippen LogP contribution in [0, 0.1) is 12.8 Å². The van der Waals surface area contributed by atoms with E-state index in [1.54, 1.807) is 6.92 Å². The van der Waals surface area contributed by atoms with Gasteiger partial charge in [-0.15, -0.1) is 0 Å². The molecule has 0 aliphatic carbocycles. The van der Waals surface area contributed by atoms with Crippen molar-refractivity contribution in [1.29, 1.82) is 0 Å². The minimum atomic E-state index is -4.00. The van der Waals surface area contributed by atoms with Crippen molar-refractivity contribution in [3.63, 3.8) is 0 Å². The van der Waals surface area contributed by atoms with E-state index in [-0.39, 0.29) is 39.8 Å². The SMILES string of the molecule is CCOC(=O)c1ccc(NS(=O)(=O)c2ccc(N3C(=O)C(C)CS3(=O)=O)cc2C)cc1. The molecule has 0 radical (unpaired) electrons. The first-order valence-electron chi connectivity index (χ1n) is 9.44. The molecule has 0 saturated carbocycles. The van der Waals surface area contributed by atoms with Gasteiger partial charge in [0.05, 0.1) is 34.4 Å². The number of nitrogens with zero attached hydrogens (tertiary/aromatic N) is 1. The summed E-state index contributed by atoms with van der Waals surface area (Å²) in [5.74, 6) is -2.00. The highest BCUT2D eigenvalue weighted by Crippen LogP contribution is 2.31. The molecule has 9 nitrogen and oxygen atoms in total. The first-order chi connectivity index (χ1) is 14.5. The van der Waals surface area contributed by atoms with Crippen molar-refractivity contribution in [2.24, 2.45) is 5.92 Å². The second-order valence-electron chi connectivity index (χ2n) is 7.14. The molecular formula is C20H22N2O7S2. The lowest BCUT2D eigenvalue weighted by Gasteiger charge is -2.17. The summed E-state index contributed by atoms with van der Waals surface area (Å²) in [6, 6.07) is 9.65. The molecule has 1 fully saturated rings. The van der Waals surface area contributed by atoms with Crippen LogP contribution in [0.25, 0.3) is 0 Å². The number of benzene rings is 2. The first-order valence-corrected chi connectivity index (χ1v) is 12.5. The van der Waals surface area contributed by atoms with Crippen LogP contribution < -0.4 is 9.03 Å². The Labute approximate surface area is 181 Å². The summed E-state index contributed by atoms with van der Waals surface area (Å²) in [7, 11) is -7.79. The molecule has 0 aromatic heterocycles. The summed E-state index contributed by atoms with van der Waals surface area (Å²) in [5, 5.41) is 0. The van der Waals surface area contributed by atoms with Crippen molar-refractivity contribution in [3.05, 3.63) is 53.6 Å². The summed E-state index contributed by atoms with van der Waals surface area (Å²) in [5.41, 5.74) is 0.902. The van der Waals surface area contributed by atoms with Gasteiger partial charge in [-0.25, -0.2) is 25.9 Å². The minimum Gasteiger partial charge on any atom is -0.462 e. The quantitative estimate of drug-likeness (QED) is 0.647. The van der Waals surface area contributed by atoms with Crippen molar-refractivity contribution >= 4 is 43.3 Å². The van der Waals surface area contributed by atoms with E-state index in [9.17, 15) is 26.4 Å². The summed E-state index contributed by atoms with van der Waals surface area (Å²) in [6.07, 6.45) is 0. The molecule has 1 unspecified atom stereocenters. The number of carbonyl (C=O) groups is 2. The Morgan fingerprint density at radius 2 is 1.84 bits per heavy atom. The van der Waals surface area contributed by atoms with Crippen molar-refractivity contribution < 1.29 is 31.2 Å². The van der Waals surface area contributed by atoms with Gasteiger partial charge in [-0.05, 0) is 61.9 Å². The minimum absolute atomic E-state index is 0.0668. The third-order valence-electron chi connectivity index (χ3n) is 4.69. The molecule has 3 rings (SSSR count). The summed E-state index contributed by atoms with van der Waals surface area (Å²) < 4.78 is 58.2. The molecule has 0 bridgehead atoms. The van der Waals surface area contributed by atoms with Crippen LogP contribution in [-0.2, 0) is 29.6 Å². The highest BCUT2D eigenvalue weighted by Gasteiger charge is 2.42. The standard InChI is InChI=1S/C20H22N2O7S2/c1-4-29-20(24)15-5-7-16(8-6-15)21-31(27,28)18-10-9-17(11-13(18)2)22-19(23)14(3)12-30(22,25)26/h5-11,14,21H,4,12H2,1-3H3. The number of hydrogen-bond donors (Lipinski definition) is 1. The Balaban J connectivity index is 1.86. The van der Waals surface area contributed by atoms with Gasteiger partial charge < -0.3 is 4.74 Å². The van der Waals surface area contributed by atoms with Crippen LogP contribution in [0.4, 0.5) is 11.4 Å². The lowest BCUT2D eigenvalue weighted by Crippen LogP contribution is -2.30. The Morgan fingerprint density at radius 3 is 2.35 bits per heavy atom. The topological polar surface area (TPSA) is 127 Å². The summed E-state index contributed by atoms with van der Waals surface area (Å²) >= 11 is 0. The van der Waals surface area contributed by atoms with Gasteiger partial charge in [-0.1, -0.05) is 6.92 Å². The number of ether oxygens (including phenoxy) is 1. The maximum Gasteiger partial charge on any atom is 0.338 e. The molecule has 0 spiro atoms. The van der Waals surface area contributed by atoms with Crippen molar-refractivity contribution in [2.45, 2.75) is 25.7 Å². The highest BCUT2D eigenvalue weighted by atomic mass is 32.2. The number of hydrogen-bond acceptors (Lipinski definition) is 7. The molecule has 166 valence electrons. The van der Waals surface area contributed by atoms with Gasteiger partial charge in [0, 0.05) is 5.69 Å². The zero-order chi connectivity index (χ0) is 23.0. The largest absolute Gasteiger partial charge is 0.462 e. The van der Waals surface area contributed by atoms with Crippen molar-refractivity contribution in [1.82, 2.24) is 0 Å². The second-order valence-corrected chi connectivity index (χ2v) is 10.6. The zero-order valence-electron chi connectivity index (χ0n) is 17.2. The number of amides is 1. The van der Waals surface area contributed by atoms with E-state index >= 15 is 0 Å². The van der Waals surface area contributed by atoms with Crippen LogP contribution >= 0.6 is 0 Å². The number of esters is 1. The van der Waals surface area contributed by atoms with E-state index in [2.05, 4.69) is 4.72 Å². The van der Waals surface area contributed by atoms with Gasteiger partial charge in [0.2, 0.25) is 15.9 Å². The molecule has 1 saturated heterocycles. The summed E-state index contributed by atoms with van der Waals surface area (Å²) in [6.45, 7) is 4.95. The normalized spacial score (nSPS) is 18.1. The predicted molar refractivity (Wildman–Crippen MR) is 115 cm³/mol. The highest BCUT2D eigenvalue weighted by molar-refractivity contribution is 7.94. The maximum atomic E-state index is 12.8. The fourth-order valence-electron chi connectivity index (χ4n) is 3.25. The zero-order valence-corrected chi connectivity index (χ0v) is 18.8. The van der Waals surface area contributed by atoms with Crippen molar-refractivity contribution in [3.8, 4) is 0 Å². The van der Waals surface area contributed by atoms with Crippen LogP contribution in [-0.4, -0.2) is 41.1 Å². The van der Waals surface area contributed by atoms with E-state index in [4.69, 9.17) is 4.74 Å². The molecule has 31 heavy (non-hydrogen) atoms. The van der Waals surface area contributed by atoms with Gasteiger partial charge in [-0.2, -0.15) is 0 Å². The molecule has 1 aliphatic rings. The van der Waals surface area contributed by atoms with E-state index < -0.39 is 37.8 Å². The molecular weight excluding hydrogens is 444 g/mol.